The SMILES string of the molecule is NNc1nc(Nc2ccc(Br)cc2)c2ccccc2n1. The average molecular weight is 330 g/mol. The lowest BCUT2D eigenvalue weighted by atomic mass is 10.2. The molecule has 2 aromatic carbocycles. The number of aromatic nitrogens is 2. The minimum Gasteiger partial charge on any atom is -0.340 e. The molecule has 0 aliphatic carbocycles. The highest BCUT2D eigenvalue weighted by atomic mass is 79.9. The summed E-state index contributed by atoms with van der Waals surface area (Å²) in [7, 11) is 0. The number of fused-ring (bicyclic) bond motifs is 1. The zero-order valence-electron chi connectivity index (χ0n) is 10.5. The van der Waals surface area contributed by atoms with Gasteiger partial charge in [-0.1, -0.05) is 28.1 Å². The number of anilines is 3. The minimum absolute atomic E-state index is 0.378. The first kappa shape index (κ1) is 12.8. The van der Waals surface area contributed by atoms with E-state index < -0.39 is 0 Å². The molecule has 0 spiro atoms. The second-order valence-electron chi connectivity index (χ2n) is 4.19. The van der Waals surface area contributed by atoms with Gasteiger partial charge in [-0.05, 0) is 36.4 Å². The smallest absolute Gasteiger partial charge is 0.239 e. The van der Waals surface area contributed by atoms with Crippen LogP contribution in [-0.4, -0.2) is 9.97 Å². The highest BCUT2D eigenvalue weighted by molar-refractivity contribution is 9.10. The van der Waals surface area contributed by atoms with Crippen LogP contribution in [0.4, 0.5) is 17.5 Å². The quantitative estimate of drug-likeness (QED) is 0.507. The van der Waals surface area contributed by atoms with E-state index in [0.717, 1.165) is 21.1 Å². The van der Waals surface area contributed by atoms with E-state index >= 15 is 0 Å². The van der Waals surface area contributed by atoms with Crippen molar-refractivity contribution in [3.8, 4) is 0 Å². The van der Waals surface area contributed by atoms with E-state index in [0.29, 0.717) is 11.8 Å². The molecule has 0 atom stereocenters. The molecule has 3 rings (SSSR count). The number of nitrogens with one attached hydrogen (secondary N) is 2. The average Bonchev–Trinajstić information content (AvgIpc) is 2.49. The minimum atomic E-state index is 0.378. The number of rotatable bonds is 3. The molecule has 0 unspecified atom stereocenters. The van der Waals surface area contributed by atoms with E-state index in [1.54, 1.807) is 0 Å². The van der Waals surface area contributed by atoms with Crippen molar-refractivity contribution in [2.24, 2.45) is 5.84 Å². The number of para-hydroxylation sites is 1. The molecule has 0 radical (unpaired) electrons. The van der Waals surface area contributed by atoms with Crippen LogP contribution in [-0.2, 0) is 0 Å². The molecule has 20 heavy (non-hydrogen) atoms. The van der Waals surface area contributed by atoms with Crippen LogP contribution in [0.3, 0.4) is 0 Å². The molecular weight excluding hydrogens is 318 g/mol. The molecule has 5 nitrogen and oxygen atoms in total. The number of benzene rings is 2. The van der Waals surface area contributed by atoms with Crippen LogP contribution in [0.15, 0.2) is 53.0 Å². The van der Waals surface area contributed by atoms with E-state index in [1.165, 1.54) is 0 Å². The first-order chi connectivity index (χ1) is 9.76. The number of nitrogens with two attached hydrogens (primary N) is 1. The van der Waals surface area contributed by atoms with Crippen LogP contribution < -0.4 is 16.6 Å². The van der Waals surface area contributed by atoms with Crippen molar-refractivity contribution in [3.63, 3.8) is 0 Å². The fourth-order valence-corrected chi connectivity index (χ4v) is 2.17. The molecule has 0 saturated carbocycles. The summed E-state index contributed by atoms with van der Waals surface area (Å²) >= 11 is 3.41. The van der Waals surface area contributed by atoms with Gasteiger partial charge in [0.05, 0.1) is 5.52 Å². The maximum atomic E-state index is 5.41. The van der Waals surface area contributed by atoms with Gasteiger partial charge in [-0.25, -0.2) is 10.8 Å². The summed E-state index contributed by atoms with van der Waals surface area (Å²) in [5.74, 6) is 6.51. The number of halogens is 1. The van der Waals surface area contributed by atoms with Crippen molar-refractivity contribution in [2.75, 3.05) is 10.7 Å². The molecule has 100 valence electrons. The lowest BCUT2D eigenvalue weighted by Crippen LogP contribution is -2.11. The van der Waals surface area contributed by atoms with Crippen molar-refractivity contribution in [2.45, 2.75) is 0 Å². The summed E-state index contributed by atoms with van der Waals surface area (Å²) in [5.41, 5.74) is 4.26. The Hall–Kier alpha value is -2.18. The van der Waals surface area contributed by atoms with Gasteiger partial charge in [0, 0.05) is 15.5 Å². The van der Waals surface area contributed by atoms with E-state index in [1.807, 2.05) is 48.5 Å². The van der Waals surface area contributed by atoms with Crippen molar-refractivity contribution >= 4 is 44.3 Å². The normalized spacial score (nSPS) is 10.5. The van der Waals surface area contributed by atoms with Crippen LogP contribution in [0.5, 0.6) is 0 Å². The highest BCUT2D eigenvalue weighted by Crippen LogP contribution is 2.25. The van der Waals surface area contributed by atoms with Gasteiger partial charge in [-0.2, -0.15) is 4.98 Å². The van der Waals surface area contributed by atoms with Crippen molar-refractivity contribution in [1.82, 2.24) is 9.97 Å². The summed E-state index contributed by atoms with van der Waals surface area (Å²) in [6.07, 6.45) is 0. The molecule has 0 bridgehead atoms. The zero-order chi connectivity index (χ0) is 13.9. The molecule has 0 saturated heterocycles. The Morgan fingerprint density at radius 3 is 2.45 bits per heavy atom. The number of nitrogen functional groups attached to an aromatic ring is 1. The number of hydrogen-bond acceptors (Lipinski definition) is 5. The molecule has 1 aromatic heterocycles. The molecular formula is C14H12BrN5. The van der Waals surface area contributed by atoms with Crippen LogP contribution in [0.2, 0.25) is 0 Å². The first-order valence-corrected chi connectivity index (χ1v) is 6.81. The maximum absolute atomic E-state index is 5.41. The van der Waals surface area contributed by atoms with Gasteiger partial charge in [0.2, 0.25) is 5.95 Å². The molecule has 0 amide bonds. The predicted octanol–water partition coefficient (Wildman–Crippen LogP) is 3.42. The molecule has 4 N–H and O–H groups in total. The Balaban J connectivity index is 2.07. The second kappa shape index (κ2) is 5.44. The number of hydrogen-bond donors (Lipinski definition) is 3. The van der Waals surface area contributed by atoms with E-state index in [4.69, 9.17) is 5.84 Å². The summed E-state index contributed by atoms with van der Waals surface area (Å²) < 4.78 is 1.03. The van der Waals surface area contributed by atoms with Crippen LogP contribution >= 0.6 is 15.9 Å². The lowest BCUT2D eigenvalue weighted by Gasteiger charge is -2.10. The van der Waals surface area contributed by atoms with Crippen molar-refractivity contribution in [3.05, 3.63) is 53.0 Å². The maximum Gasteiger partial charge on any atom is 0.239 e. The largest absolute Gasteiger partial charge is 0.340 e. The molecule has 0 aliphatic heterocycles. The van der Waals surface area contributed by atoms with E-state index in [9.17, 15) is 0 Å². The summed E-state index contributed by atoms with van der Waals surface area (Å²) in [6, 6.07) is 15.6. The Kier molecular flexibility index (Phi) is 3.49. The Bertz CT molecular complexity index is 742. The molecule has 6 heteroatoms. The Labute approximate surface area is 124 Å². The summed E-state index contributed by atoms with van der Waals surface area (Å²) in [6.45, 7) is 0. The highest BCUT2D eigenvalue weighted by Gasteiger charge is 2.07. The Morgan fingerprint density at radius 2 is 1.70 bits per heavy atom. The monoisotopic (exact) mass is 329 g/mol. The van der Waals surface area contributed by atoms with Crippen LogP contribution in [0, 0.1) is 0 Å². The summed E-state index contributed by atoms with van der Waals surface area (Å²) in [4.78, 5) is 8.68. The van der Waals surface area contributed by atoms with Crippen LogP contribution in [0.1, 0.15) is 0 Å². The predicted molar refractivity (Wildman–Crippen MR) is 84.8 cm³/mol. The fraction of sp³-hybridized carbons (Fsp3) is 0. The topological polar surface area (TPSA) is 75.9 Å². The zero-order valence-corrected chi connectivity index (χ0v) is 12.1. The lowest BCUT2D eigenvalue weighted by molar-refractivity contribution is 1.15. The first-order valence-electron chi connectivity index (χ1n) is 6.02. The van der Waals surface area contributed by atoms with Gasteiger partial charge in [-0.15, -0.1) is 0 Å². The third kappa shape index (κ3) is 2.56. The summed E-state index contributed by atoms with van der Waals surface area (Å²) in [5, 5.41) is 4.22. The Morgan fingerprint density at radius 1 is 0.950 bits per heavy atom. The third-order valence-corrected chi connectivity index (χ3v) is 3.37. The van der Waals surface area contributed by atoms with Gasteiger partial charge >= 0.3 is 0 Å². The van der Waals surface area contributed by atoms with Gasteiger partial charge in [0.25, 0.3) is 0 Å². The number of nitrogens with zero attached hydrogens (tertiary/aromatic N) is 2. The second-order valence-corrected chi connectivity index (χ2v) is 5.10. The van der Waals surface area contributed by atoms with Crippen molar-refractivity contribution in [1.29, 1.82) is 0 Å². The molecule has 0 fully saturated rings. The van der Waals surface area contributed by atoms with Gasteiger partial charge < -0.3 is 5.32 Å². The third-order valence-electron chi connectivity index (χ3n) is 2.84. The van der Waals surface area contributed by atoms with Gasteiger partial charge in [0.1, 0.15) is 5.82 Å². The van der Waals surface area contributed by atoms with Crippen LogP contribution in [0.25, 0.3) is 10.9 Å². The molecule has 0 aliphatic rings. The van der Waals surface area contributed by atoms with Gasteiger partial charge in [0.15, 0.2) is 0 Å². The fourth-order valence-electron chi connectivity index (χ4n) is 1.91. The van der Waals surface area contributed by atoms with Gasteiger partial charge in [-0.3, -0.25) is 5.43 Å². The standard InChI is InChI=1S/C14H12BrN5/c15-9-5-7-10(8-6-9)17-13-11-3-1-2-4-12(11)18-14(19-13)20-16/h1-8H,16H2,(H2,17,18,19,20). The molecule has 1 heterocycles. The van der Waals surface area contributed by atoms with E-state index in [2.05, 4.69) is 36.6 Å². The van der Waals surface area contributed by atoms with Crippen molar-refractivity contribution < 1.29 is 0 Å². The number of hydrazine groups is 1. The molecule has 3 aromatic rings. The van der Waals surface area contributed by atoms with E-state index in [-0.39, 0.29) is 0 Å².